The molecule has 0 atom stereocenters. The lowest BCUT2D eigenvalue weighted by molar-refractivity contribution is -0.137. The Kier molecular flexibility index (Phi) is 7.20. The van der Waals surface area contributed by atoms with Crippen LogP contribution < -0.4 is 9.64 Å². The number of hydrogen-bond donors (Lipinski definition) is 0. The van der Waals surface area contributed by atoms with Gasteiger partial charge in [0.25, 0.3) is 0 Å². The Hall–Kier alpha value is -3.10. The lowest BCUT2D eigenvalue weighted by Crippen LogP contribution is -2.51. The van der Waals surface area contributed by atoms with Crippen molar-refractivity contribution in [3.63, 3.8) is 0 Å². The van der Waals surface area contributed by atoms with E-state index in [0.717, 1.165) is 63.4 Å². The fraction of sp³-hybridized carbons (Fsp3) is 0.423. The highest BCUT2D eigenvalue weighted by Crippen LogP contribution is 2.25. The largest absolute Gasteiger partial charge is 0.497 e. The molecule has 3 heterocycles. The SMILES string of the molecule is COc1ccc(N2CCN(C(=O)C3CCN(Cc4nc(-c5cccc(Cl)c5)no4)CC3)CC2)cc1. The van der Waals surface area contributed by atoms with Crippen LogP contribution in [0.4, 0.5) is 5.69 Å². The minimum atomic E-state index is 0.0866. The van der Waals surface area contributed by atoms with Crippen LogP contribution in [0.5, 0.6) is 5.75 Å². The van der Waals surface area contributed by atoms with E-state index in [0.29, 0.717) is 29.2 Å². The van der Waals surface area contributed by atoms with Crippen molar-refractivity contribution in [1.82, 2.24) is 19.9 Å². The molecule has 1 aromatic heterocycles. The topological polar surface area (TPSA) is 74.9 Å². The second-order valence-corrected chi connectivity index (χ2v) is 9.52. The van der Waals surface area contributed by atoms with Crippen LogP contribution >= 0.6 is 11.6 Å². The number of piperazine rings is 1. The zero-order valence-corrected chi connectivity index (χ0v) is 20.7. The molecule has 0 bridgehead atoms. The molecule has 5 rings (SSSR count). The lowest BCUT2D eigenvalue weighted by atomic mass is 9.95. The number of aromatic nitrogens is 2. The maximum Gasteiger partial charge on any atom is 0.241 e. The van der Waals surface area contributed by atoms with Crippen LogP contribution in [0.25, 0.3) is 11.4 Å². The van der Waals surface area contributed by atoms with Crippen LogP contribution in [0.2, 0.25) is 5.02 Å². The van der Waals surface area contributed by atoms with Gasteiger partial charge in [-0.2, -0.15) is 4.98 Å². The number of rotatable bonds is 6. The standard InChI is InChI=1S/C26H30ClN5O3/c1-34-23-7-5-22(6-8-23)31-13-15-32(16-14-31)26(33)19-9-11-30(12-10-19)18-24-28-25(29-35-24)20-3-2-4-21(27)17-20/h2-8,17,19H,9-16,18H2,1H3. The third kappa shape index (κ3) is 5.60. The van der Waals surface area contributed by atoms with Gasteiger partial charge < -0.3 is 19.1 Å². The number of likely N-dealkylation sites (tertiary alicyclic amines) is 1. The van der Waals surface area contributed by atoms with Crippen LogP contribution in [0.3, 0.4) is 0 Å². The molecule has 2 aliphatic heterocycles. The van der Waals surface area contributed by atoms with Crippen LogP contribution in [0, 0.1) is 5.92 Å². The molecule has 0 saturated carbocycles. The molecule has 3 aromatic rings. The number of ether oxygens (including phenoxy) is 1. The highest BCUT2D eigenvalue weighted by Gasteiger charge is 2.31. The third-order valence-corrected chi connectivity index (χ3v) is 7.11. The van der Waals surface area contributed by atoms with Crippen molar-refractivity contribution in [2.24, 2.45) is 5.92 Å². The van der Waals surface area contributed by atoms with E-state index in [1.54, 1.807) is 7.11 Å². The van der Waals surface area contributed by atoms with E-state index in [9.17, 15) is 4.79 Å². The molecular formula is C26H30ClN5O3. The molecule has 8 nitrogen and oxygen atoms in total. The van der Waals surface area contributed by atoms with Crippen LogP contribution in [-0.2, 0) is 11.3 Å². The number of halogens is 1. The fourth-order valence-corrected chi connectivity index (χ4v) is 5.02. The van der Waals surface area contributed by atoms with Crippen molar-refractivity contribution in [2.75, 3.05) is 51.3 Å². The summed E-state index contributed by atoms with van der Waals surface area (Å²) >= 11 is 6.07. The Morgan fingerprint density at radius 1 is 1.06 bits per heavy atom. The summed E-state index contributed by atoms with van der Waals surface area (Å²) in [5.74, 6) is 2.36. The molecule has 2 fully saturated rings. The molecule has 2 aromatic carbocycles. The van der Waals surface area contributed by atoms with E-state index in [-0.39, 0.29) is 5.92 Å². The molecule has 0 unspecified atom stereocenters. The molecule has 0 radical (unpaired) electrons. The molecule has 1 amide bonds. The zero-order valence-electron chi connectivity index (χ0n) is 19.9. The Morgan fingerprint density at radius 3 is 2.49 bits per heavy atom. The normalized spacial score (nSPS) is 17.5. The van der Waals surface area contributed by atoms with Crippen molar-refractivity contribution in [1.29, 1.82) is 0 Å². The average Bonchev–Trinajstić information content (AvgIpc) is 3.37. The molecule has 0 N–H and O–H groups in total. The van der Waals surface area contributed by atoms with Crippen LogP contribution in [0.15, 0.2) is 53.1 Å². The van der Waals surface area contributed by atoms with Gasteiger partial charge in [-0.25, -0.2) is 0 Å². The van der Waals surface area contributed by atoms with Gasteiger partial charge in [0, 0.05) is 48.4 Å². The predicted molar refractivity (Wildman–Crippen MR) is 135 cm³/mol. The highest BCUT2D eigenvalue weighted by molar-refractivity contribution is 6.30. The van der Waals surface area contributed by atoms with Crippen molar-refractivity contribution < 1.29 is 14.1 Å². The third-order valence-electron chi connectivity index (χ3n) is 6.88. The zero-order chi connectivity index (χ0) is 24.2. The minimum absolute atomic E-state index is 0.0866. The van der Waals surface area contributed by atoms with Gasteiger partial charge in [-0.05, 0) is 62.3 Å². The minimum Gasteiger partial charge on any atom is -0.497 e. The first kappa shape index (κ1) is 23.6. The fourth-order valence-electron chi connectivity index (χ4n) is 4.83. The molecule has 184 valence electrons. The average molecular weight is 496 g/mol. The van der Waals surface area contributed by atoms with E-state index in [4.69, 9.17) is 20.9 Å². The van der Waals surface area contributed by atoms with Gasteiger partial charge in [0.2, 0.25) is 17.6 Å². The first-order valence-electron chi connectivity index (χ1n) is 12.1. The quantitative estimate of drug-likeness (QED) is 0.512. The van der Waals surface area contributed by atoms with Crippen molar-refractivity contribution >= 4 is 23.2 Å². The van der Waals surface area contributed by atoms with Gasteiger partial charge in [0.1, 0.15) is 5.75 Å². The Labute approximate surface area is 210 Å². The number of carbonyl (C=O) groups is 1. The Bertz CT molecular complexity index is 1140. The molecule has 2 aliphatic rings. The smallest absolute Gasteiger partial charge is 0.241 e. The van der Waals surface area contributed by atoms with E-state index in [2.05, 4.69) is 32.1 Å². The first-order valence-corrected chi connectivity index (χ1v) is 12.5. The second kappa shape index (κ2) is 10.7. The second-order valence-electron chi connectivity index (χ2n) is 9.08. The number of hydrogen-bond acceptors (Lipinski definition) is 7. The summed E-state index contributed by atoms with van der Waals surface area (Å²) in [6.45, 7) is 5.51. The molecule has 35 heavy (non-hydrogen) atoms. The van der Waals surface area contributed by atoms with Crippen molar-refractivity contribution in [3.05, 3.63) is 59.4 Å². The number of nitrogens with zero attached hydrogens (tertiary/aromatic N) is 5. The molecular weight excluding hydrogens is 466 g/mol. The number of amides is 1. The lowest BCUT2D eigenvalue weighted by Gasteiger charge is -2.39. The summed E-state index contributed by atoms with van der Waals surface area (Å²) < 4.78 is 10.7. The number of piperidine rings is 1. The van der Waals surface area contributed by atoms with Gasteiger partial charge in [-0.1, -0.05) is 28.9 Å². The van der Waals surface area contributed by atoms with E-state index in [1.807, 2.05) is 41.3 Å². The molecule has 9 heteroatoms. The number of benzene rings is 2. The Balaban J connectivity index is 1.08. The van der Waals surface area contributed by atoms with Crippen LogP contribution in [-0.4, -0.2) is 72.2 Å². The summed E-state index contributed by atoms with van der Waals surface area (Å²) in [5.41, 5.74) is 2.01. The Morgan fingerprint density at radius 2 is 1.80 bits per heavy atom. The number of methoxy groups -OCH3 is 1. The first-order chi connectivity index (χ1) is 17.1. The van der Waals surface area contributed by atoms with Gasteiger partial charge in [-0.15, -0.1) is 0 Å². The van der Waals surface area contributed by atoms with Gasteiger partial charge >= 0.3 is 0 Å². The summed E-state index contributed by atoms with van der Waals surface area (Å²) in [6, 6.07) is 15.5. The maximum atomic E-state index is 13.2. The van der Waals surface area contributed by atoms with E-state index >= 15 is 0 Å². The van der Waals surface area contributed by atoms with E-state index < -0.39 is 0 Å². The summed E-state index contributed by atoms with van der Waals surface area (Å²) in [6.07, 6.45) is 1.71. The highest BCUT2D eigenvalue weighted by atomic mass is 35.5. The van der Waals surface area contributed by atoms with Crippen molar-refractivity contribution in [2.45, 2.75) is 19.4 Å². The van der Waals surface area contributed by atoms with Gasteiger partial charge in [-0.3, -0.25) is 9.69 Å². The summed E-state index contributed by atoms with van der Waals surface area (Å²) in [4.78, 5) is 24.3. The summed E-state index contributed by atoms with van der Waals surface area (Å²) in [7, 11) is 1.67. The number of carbonyl (C=O) groups excluding carboxylic acids is 1. The monoisotopic (exact) mass is 495 g/mol. The summed E-state index contributed by atoms with van der Waals surface area (Å²) in [5, 5.41) is 4.73. The number of anilines is 1. The predicted octanol–water partition coefficient (Wildman–Crippen LogP) is 3.96. The van der Waals surface area contributed by atoms with E-state index in [1.165, 1.54) is 5.69 Å². The molecule has 2 saturated heterocycles. The van der Waals surface area contributed by atoms with Crippen molar-refractivity contribution in [3.8, 4) is 17.1 Å². The van der Waals surface area contributed by atoms with Crippen LogP contribution in [0.1, 0.15) is 18.7 Å². The maximum absolute atomic E-state index is 13.2. The van der Waals surface area contributed by atoms with Gasteiger partial charge in [0.05, 0.1) is 13.7 Å². The molecule has 0 aliphatic carbocycles. The van der Waals surface area contributed by atoms with Gasteiger partial charge in [0.15, 0.2) is 0 Å². The molecule has 0 spiro atoms.